The van der Waals surface area contributed by atoms with Crippen LogP contribution in [-0.2, 0) is 11.3 Å². The zero-order valence-corrected chi connectivity index (χ0v) is 18.2. The van der Waals surface area contributed by atoms with Crippen molar-refractivity contribution in [3.05, 3.63) is 56.7 Å². The van der Waals surface area contributed by atoms with Crippen LogP contribution in [0.4, 0.5) is 0 Å². The van der Waals surface area contributed by atoms with Crippen LogP contribution in [-0.4, -0.2) is 27.8 Å². The maximum absolute atomic E-state index is 12.8. The SMILES string of the molecule is CCn1c(SCC(=O)NC[C@H](C)c2ccccc2)nc2sc(C)c(C)c2c1=O. The predicted octanol–water partition coefficient (Wildman–Crippen LogP) is 4.11. The highest BCUT2D eigenvalue weighted by molar-refractivity contribution is 7.99. The Labute approximate surface area is 173 Å². The van der Waals surface area contributed by atoms with Crippen LogP contribution in [0.25, 0.3) is 10.2 Å². The van der Waals surface area contributed by atoms with Crippen molar-refractivity contribution in [1.29, 1.82) is 0 Å². The molecule has 0 bridgehead atoms. The number of carbonyl (C=O) groups excluding carboxylic acids is 1. The van der Waals surface area contributed by atoms with Crippen molar-refractivity contribution in [2.75, 3.05) is 12.3 Å². The summed E-state index contributed by atoms with van der Waals surface area (Å²) in [5.74, 6) is 0.432. The lowest BCUT2D eigenvalue weighted by Crippen LogP contribution is -2.29. The third kappa shape index (κ3) is 4.31. The molecule has 3 rings (SSSR count). The minimum atomic E-state index is -0.0525. The molecule has 0 aliphatic heterocycles. The van der Waals surface area contributed by atoms with Gasteiger partial charge in [0.2, 0.25) is 5.91 Å². The van der Waals surface area contributed by atoms with Crippen molar-refractivity contribution in [1.82, 2.24) is 14.9 Å². The van der Waals surface area contributed by atoms with Crippen molar-refractivity contribution in [3.63, 3.8) is 0 Å². The number of aromatic nitrogens is 2. The van der Waals surface area contributed by atoms with Gasteiger partial charge in [0.1, 0.15) is 4.83 Å². The molecular weight excluding hydrogens is 390 g/mol. The van der Waals surface area contributed by atoms with Gasteiger partial charge in [-0.05, 0) is 37.8 Å². The molecule has 0 saturated carbocycles. The van der Waals surface area contributed by atoms with Gasteiger partial charge in [-0.15, -0.1) is 11.3 Å². The molecule has 0 radical (unpaired) electrons. The zero-order chi connectivity index (χ0) is 20.3. The van der Waals surface area contributed by atoms with Gasteiger partial charge in [0.15, 0.2) is 5.16 Å². The van der Waals surface area contributed by atoms with E-state index in [4.69, 9.17) is 0 Å². The molecule has 7 heteroatoms. The number of benzene rings is 1. The lowest BCUT2D eigenvalue weighted by Gasteiger charge is -2.13. The minimum absolute atomic E-state index is 0.0186. The van der Waals surface area contributed by atoms with Crippen LogP contribution in [0.3, 0.4) is 0 Å². The molecule has 0 aliphatic carbocycles. The molecule has 2 aromatic heterocycles. The molecule has 0 unspecified atom stereocenters. The van der Waals surface area contributed by atoms with Crippen LogP contribution in [0.5, 0.6) is 0 Å². The summed E-state index contributed by atoms with van der Waals surface area (Å²) in [6, 6.07) is 10.1. The number of rotatable bonds is 7. The fourth-order valence-corrected chi connectivity index (χ4v) is 5.01. The number of carbonyl (C=O) groups is 1. The Kier molecular flexibility index (Phi) is 6.57. The fraction of sp³-hybridized carbons (Fsp3) is 0.381. The minimum Gasteiger partial charge on any atom is -0.355 e. The molecule has 3 aromatic rings. The summed E-state index contributed by atoms with van der Waals surface area (Å²) < 4.78 is 1.66. The summed E-state index contributed by atoms with van der Waals surface area (Å²) in [6.07, 6.45) is 0. The smallest absolute Gasteiger partial charge is 0.263 e. The van der Waals surface area contributed by atoms with Crippen molar-refractivity contribution >= 4 is 39.2 Å². The molecule has 28 heavy (non-hydrogen) atoms. The fourth-order valence-electron chi connectivity index (χ4n) is 3.05. The van der Waals surface area contributed by atoms with Crippen LogP contribution >= 0.6 is 23.1 Å². The maximum atomic E-state index is 12.8. The van der Waals surface area contributed by atoms with Gasteiger partial charge in [0.25, 0.3) is 5.56 Å². The Morgan fingerprint density at radius 3 is 2.68 bits per heavy atom. The molecule has 2 heterocycles. The quantitative estimate of drug-likeness (QED) is 0.466. The van der Waals surface area contributed by atoms with Crippen LogP contribution in [0.15, 0.2) is 40.3 Å². The van der Waals surface area contributed by atoms with E-state index in [9.17, 15) is 9.59 Å². The summed E-state index contributed by atoms with van der Waals surface area (Å²) in [6.45, 7) is 9.10. The Balaban J connectivity index is 1.67. The van der Waals surface area contributed by atoms with Crippen molar-refractivity contribution in [2.45, 2.75) is 45.3 Å². The second kappa shape index (κ2) is 8.92. The van der Waals surface area contributed by atoms with Gasteiger partial charge >= 0.3 is 0 Å². The second-order valence-corrected chi connectivity index (χ2v) is 8.96. The number of thioether (sulfide) groups is 1. The topological polar surface area (TPSA) is 64.0 Å². The summed E-state index contributed by atoms with van der Waals surface area (Å²) in [7, 11) is 0. The first-order valence-electron chi connectivity index (χ1n) is 9.37. The van der Waals surface area contributed by atoms with Gasteiger partial charge in [-0.1, -0.05) is 49.0 Å². The first-order valence-corrected chi connectivity index (χ1v) is 11.2. The van der Waals surface area contributed by atoms with Crippen LogP contribution in [0, 0.1) is 13.8 Å². The third-order valence-corrected chi connectivity index (χ3v) is 6.95. The number of nitrogens with one attached hydrogen (secondary N) is 1. The number of amides is 1. The number of hydrogen-bond donors (Lipinski definition) is 1. The number of fused-ring (bicyclic) bond motifs is 1. The lowest BCUT2D eigenvalue weighted by atomic mass is 10.0. The van der Waals surface area contributed by atoms with Gasteiger partial charge in [-0.3, -0.25) is 14.2 Å². The molecule has 1 amide bonds. The highest BCUT2D eigenvalue weighted by Crippen LogP contribution is 2.28. The molecule has 0 spiro atoms. The number of hydrogen-bond acceptors (Lipinski definition) is 5. The van der Waals surface area contributed by atoms with E-state index in [1.165, 1.54) is 28.7 Å². The molecule has 0 fully saturated rings. The van der Waals surface area contributed by atoms with E-state index in [-0.39, 0.29) is 23.1 Å². The van der Waals surface area contributed by atoms with Gasteiger partial charge in [0, 0.05) is 18.0 Å². The van der Waals surface area contributed by atoms with Gasteiger partial charge in [0.05, 0.1) is 11.1 Å². The number of nitrogens with zero attached hydrogens (tertiary/aromatic N) is 2. The largest absolute Gasteiger partial charge is 0.355 e. The van der Waals surface area contributed by atoms with E-state index in [0.29, 0.717) is 23.6 Å². The molecular formula is C21H25N3O2S2. The molecule has 5 nitrogen and oxygen atoms in total. The van der Waals surface area contributed by atoms with E-state index in [1.807, 2.05) is 39.0 Å². The van der Waals surface area contributed by atoms with Crippen LogP contribution in [0.1, 0.15) is 35.8 Å². The standard InChI is InChI=1S/C21H25N3O2S2/c1-5-24-20(26)18-14(3)15(4)28-19(18)23-21(24)27-12-17(25)22-11-13(2)16-9-7-6-8-10-16/h6-10,13H,5,11-12H2,1-4H3,(H,22,25)/t13-/m0/s1. The molecule has 0 saturated heterocycles. The first-order chi connectivity index (χ1) is 13.4. The van der Waals surface area contributed by atoms with E-state index < -0.39 is 0 Å². The summed E-state index contributed by atoms with van der Waals surface area (Å²) >= 11 is 2.85. The predicted molar refractivity (Wildman–Crippen MR) is 118 cm³/mol. The van der Waals surface area contributed by atoms with Crippen LogP contribution in [0.2, 0.25) is 0 Å². The van der Waals surface area contributed by atoms with Crippen molar-refractivity contribution in [3.8, 4) is 0 Å². The average molecular weight is 416 g/mol. The third-order valence-electron chi connectivity index (χ3n) is 4.88. The first kappa shape index (κ1) is 20.6. The van der Waals surface area contributed by atoms with Crippen molar-refractivity contribution < 1.29 is 4.79 Å². The van der Waals surface area contributed by atoms with E-state index in [1.54, 1.807) is 4.57 Å². The average Bonchev–Trinajstić information content (AvgIpc) is 2.99. The number of thiophene rings is 1. The maximum Gasteiger partial charge on any atom is 0.263 e. The molecule has 1 aromatic carbocycles. The van der Waals surface area contributed by atoms with Gasteiger partial charge in [-0.25, -0.2) is 4.98 Å². The Morgan fingerprint density at radius 2 is 2.00 bits per heavy atom. The summed E-state index contributed by atoms with van der Waals surface area (Å²) in [5, 5.41) is 4.29. The molecule has 1 atom stereocenters. The summed E-state index contributed by atoms with van der Waals surface area (Å²) in [5.41, 5.74) is 2.18. The van der Waals surface area contributed by atoms with Gasteiger partial charge < -0.3 is 5.32 Å². The van der Waals surface area contributed by atoms with Gasteiger partial charge in [-0.2, -0.15) is 0 Å². The zero-order valence-electron chi connectivity index (χ0n) is 16.6. The molecule has 0 aliphatic rings. The van der Waals surface area contributed by atoms with Crippen molar-refractivity contribution in [2.24, 2.45) is 0 Å². The lowest BCUT2D eigenvalue weighted by molar-refractivity contribution is -0.118. The Hall–Kier alpha value is -2.12. The Bertz CT molecular complexity index is 1040. The monoisotopic (exact) mass is 415 g/mol. The Morgan fingerprint density at radius 1 is 1.29 bits per heavy atom. The van der Waals surface area contributed by atoms with Crippen LogP contribution < -0.4 is 10.9 Å². The highest BCUT2D eigenvalue weighted by Gasteiger charge is 2.17. The normalized spacial score (nSPS) is 12.3. The second-order valence-electron chi connectivity index (χ2n) is 6.81. The van der Waals surface area contributed by atoms with E-state index in [2.05, 4.69) is 29.4 Å². The molecule has 148 valence electrons. The van der Waals surface area contributed by atoms with E-state index >= 15 is 0 Å². The highest BCUT2D eigenvalue weighted by atomic mass is 32.2. The number of aryl methyl sites for hydroxylation is 2. The summed E-state index contributed by atoms with van der Waals surface area (Å²) in [4.78, 5) is 31.7. The van der Waals surface area contributed by atoms with E-state index in [0.717, 1.165) is 15.3 Å². The molecule has 1 N–H and O–H groups in total.